The molecule has 0 radical (unpaired) electrons. The number of amides is 2. The minimum absolute atomic E-state index is 0.127. The summed E-state index contributed by atoms with van der Waals surface area (Å²) in [5, 5.41) is 5.82. The quantitative estimate of drug-likeness (QED) is 0.321. The number of carbonyl (C=O) groups excluding carboxylic acids is 2. The highest BCUT2D eigenvalue weighted by molar-refractivity contribution is 9.10. The van der Waals surface area contributed by atoms with Gasteiger partial charge in [-0.1, -0.05) is 48.0 Å². The van der Waals surface area contributed by atoms with Crippen molar-refractivity contribution >= 4 is 56.4 Å². The van der Waals surface area contributed by atoms with Crippen molar-refractivity contribution in [3.05, 3.63) is 88.4 Å². The van der Waals surface area contributed by atoms with E-state index in [1.165, 1.54) is 0 Å². The molecule has 8 heteroatoms. The summed E-state index contributed by atoms with van der Waals surface area (Å²) in [6.07, 6.45) is 0.886. The number of rotatable bonds is 8. The van der Waals surface area contributed by atoms with Gasteiger partial charge in [0, 0.05) is 28.5 Å². The highest BCUT2D eigenvalue weighted by Crippen LogP contribution is 2.24. The summed E-state index contributed by atoms with van der Waals surface area (Å²) in [6, 6.07) is 21.6. The van der Waals surface area contributed by atoms with Gasteiger partial charge in [-0.3, -0.25) is 14.9 Å². The molecule has 35 heavy (non-hydrogen) atoms. The van der Waals surface area contributed by atoms with Crippen LogP contribution in [0.2, 0.25) is 0 Å². The maximum atomic E-state index is 12.9. The molecule has 3 rings (SSSR count). The highest BCUT2D eigenvalue weighted by atomic mass is 79.9. The molecule has 0 unspecified atom stereocenters. The van der Waals surface area contributed by atoms with Gasteiger partial charge in [0.15, 0.2) is 5.11 Å². The smallest absolute Gasteiger partial charge is 0.261 e. The first kappa shape index (κ1) is 26.4. The van der Waals surface area contributed by atoms with E-state index in [9.17, 15) is 9.59 Å². The Labute approximate surface area is 219 Å². The lowest BCUT2D eigenvalue weighted by atomic mass is 10.1. The van der Waals surface area contributed by atoms with E-state index in [2.05, 4.69) is 40.4 Å². The van der Waals surface area contributed by atoms with Gasteiger partial charge in [0.25, 0.3) is 11.8 Å². The number of benzene rings is 3. The monoisotopic (exact) mass is 553 g/mol. The van der Waals surface area contributed by atoms with Crippen LogP contribution in [-0.4, -0.2) is 30.6 Å². The third-order valence-corrected chi connectivity index (χ3v) is 5.90. The maximum Gasteiger partial charge on any atom is 0.261 e. The molecule has 0 aliphatic carbocycles. The number of ether oxygens (including phenoxy) is 1. The van der Waals surface area contributed by atoms with Crippen LogP contribution in [0, 0.1) is 5.92 Å². The van der Waals surface area contributed by atoms with Crippen molar-refractivity contribution in [3.63, 3.8) is 0 Å². The van der Waals surface area contributed by atoms with Crippen molar-refractivity contribution in [2.24, 2.45) is 5.92 Å². The first-order valence-electron chi connectivity index (χ1n) is 11.2. The van der Waals surface area contributed by atoms with Crippen LogP contribution in [0.1, 0.15) is 41.0 Å². The Balaban J connectivity index is 1.61. The second kappa shape index (κ2) is 12.5. The molecule has 0 saturated heterocycles. The first-order chi connectivity index (χ1) is 16.7. The molecule has 0 aromatic heterocycles. The molecule has 0 atom stereocenters. The van der Waals surface area contributed by atoms with Crippen LogP contribution in [0.15, 0.2) is 77.3 Å². The van der Waals surface area contributed by atoms with Crippen LogP contribution in [0.4, 0.5) is 11.4 Å². The van der Waals surface area contributed by atoms with E-state index < -0.39 is 0 Å². The molecule has 6 nitrogen and oxygen atoms in total. The molecular weight excluding hydrogens is 526 g/mol. The molecule has 0 aliphatic heterocycles. The molecule has 0 heterocycles. The standard InChI is InChI=1S/C27H28BrN3O3S/c1-18(2)15-16-34-24-14-11-20(28)17-23(24)25(32)30-27(35)29-21-12-9-19(10-13-21)26(33)31(3)22-7-5-4-6-8-22/h4-14,17-18H,15-16H2,1-3H3,(H2,29,30,32,35). The van der Waals surface area contributed by atoms with Crippen molar-refractivity contribution in [2.75, 3.05) is 23.9 Å². The van der Waals surface area contributed by atoms with E-state index in [1.54, 1.807) is 48.3 Å². The Morgan fingerprint density at radius 1 is 1.03 bits per heavy atom. The van der Waals surface area contributed by atoms with Crippen LogP contribution in [0.25, 0.3) is 0 Å². The first-order valence-corrected chi connectivity index (χ1v) is 12.4. The lowest BCUT2D eigenvalue weighted by Crippen LogP contribution is -2.34. The van der Waals surface area contributed by atoms with Crippen LogP contribution in [0.5, 0.6) is 5.75 Å². The Kier molecular flexibility index (Phi) is 9.39. The van der Waals surface area contributed by atoms with Gasteiger partial charge in [-0.05, 0) is 79.2 Å². The molecule has 3 aromatic rings. The van der Waals surface area contributed by atoms with Crippen LogP contribution < -0.4 is 20.3 Å². The average molecular weight is 555 g/mol. The normalized spacial score (nSPS) is 10.5. The number of nitrogens with one attached hydrogen (secondary N) is 2. The van der Waals surface area contributed by atoms with E-state index in [0.717, 1.165) is 16.6 Å². The molecule has 0 spiro atoms. The fraction of sp³-hybridized carbons (Fsp3) is 0.222. The van der Waals surface area contributed by atoms with Gasteiger partial charge in [-0.25, -0.2) is 0 Å². The molecule has 0 saturated carbocycles. The van der Waals surface area contributed by atoms with Crippen molar-refractivity contribution in [1.82, 2.24) is 5.32 Å². The minimum Gasteiger partial charge on any atom is -0.493 e. The van der Waals surface area contributed by atoms with E-state index in [1.807, 2.05) is 36.4 Å². The number of nitrogens with zero attached hydrogens (tertiary/aromatic N) is 1. The van der Waals surface area contributed by atoms with E-state index in [4.69, 9.17) is 17.0 Å². The largest absolute Gasteiger partial charge is 0.493 e. The van der Waals surface area contributed by atoms with Gasteiger partial charge in [-0.2, -0.15) is 0 Å². The van der Waals surface area contributed by atoms with Gasteiger partial charge >= 0.3 is 0 Å². The summed E-state index contributed by atoms with van der Waals surface area (Å²) in [7, 11) is 1.73. The number of hydrogen-bond acceptors (Lipinski definition) is 4. The zero-order valence-corrected chi connectivity index (χ0v) is 22.3. The fourth-order valence-corrected chi connectivity index (χ4v) is 3.77. The number of halogens is 1. The van der Waals surface area contributed by atoms with E-state index >= 15 is 0 Å². The third-order valence-electron chi connectivity index (χ3n) is 5.20. The van der Waals surface area contributed by atoms with Gasteiger partial charge < -0.3 is 15.0 Å². The Bertz CT molecular complexity index is 1180. The zero-order valence-electron chi connectivity index (χ0n) is 19.9. The summed E-state index contributed by atoms with van der Waals surface area (Å²) in [5.74, 6) is 0.498. The highest BCUT2D eigenvalue weighted by Gasteiger charge is 2.16. The number of hydrogen-bond donors (Lipinski definition) is 2. The van der Waals surface area contributed by atoms with Crippen molar-refractivity contribution in [1.29, 1.82) is 0 Å². The lowest BCUT2D eigenvalue weighted by molar-refractivity contribution is 0.0970. The van der Waals surface area contributed by atoms with Crippen LogP contribution in [0.3, 0.4) is 0 Å². The summed E-state index contributed by atoms with van der Waals surface area (Å²) >= 11 is 8.73. The average Bonchev–Trinajstić information content (AvgIpc) is 2.84. The van der Waals surface area contributed by atoms with Crippen molar-refractivity contribution < 1.29 is 14.3 Å². The number of carbonyl (C=O) groups is 2. The molecule has 0 fully saturated rings. The molecule has 0 bridgehead atoms. The van der Waals surface area contributed by atoms with Gasteiger partial charge in [-0.15, -0.1) is 0 Å². The predicted octanol–water partition coefficient (Wildman–Crippen LogP) is 6.28. The fourth-order valence-electron chi connectivity index (χ4n) is 3.20. The van der Waals surface area contributed by atoms with Crippen molar-refractivity contribution in [3.8, 4) is 5.75 Å². The van der Waals surface area contributed by atoms with Gasteiger partial charge in [0.2, 0.25) is 0 Å². The molecule has 182 valence electrons. The van der Waals surface area contributed by atoms with Gasteiger partial charge in [0.05, 0.1) is 12.2 Å². The number of thiocarbonyl (C=S) groups is 1. The third kappa shape index (κ3) is 7.63. The molecule has 2 amide bonds. The SMILES string of the molecule is CC(C)CCOc1ccc(Br)cc1C(=O)NC(=S)Nc1ccc(C(=O)N(C)c2ccccc2)cc1. The lowest BCUT2D eigenvalue weighted by Gasteiger charge is -2.17. The zero-order chi connectivity index (χ0) is 25.4. The number of para-hydroxylation sites is 1. The molecule has 2 N–H and O–H groups in total. The molecular formula is C27H28BrN3O3S. The molecule has 3 aromatic carbocycles. The Hall–Kier alpha value is -3.23. The number of anilines is 2. The minimum atomic E-state index is -0.375. The Morgan fingerprint density at radius 2 is 1.71 bits per heavy atom. The second-order valence-corrected chi connectivity index (χ2v) is 9.68. The maximum absolute atomic E-state index is 12.9. The van der Waals surface area contributed by atoms with E-state index in [-0.39, 0.29) is 16.9 Å². The topological polar surface area (TPSA) is 70.7 Å². The van der Waals surface area contributed by atoms with Crippen LogP contribution >= 0.6 is 28.1 Å². The second-order valence-electron chi connectivity index (χ2n) is 8.36. The molecule has 0 aliphatic rings. The van der Waals surface area contributed by atoms with Gasteiger partial charge in [0.1, 0.15) is 5.75 Å². The summed E-state index contributed by atoms with van der Waals surface area (Å²) in [6.45, 7) is 4.76. The van der Waals surface area contributed by atoms with E-state index in [0.29, 0.717) is 35.1 Å². The van der Waals surface area contributed by atoms with Crippen molar-refractivity contribution in [2.45, 2.75) is 20.3 Å². The summed E-state index contributed by atoms with van der Waals surface area (Å²) in [4.78, 5) is 27.2. The summed E-state index contributed by atoms with van der Waals surface area (Å²) in [5.41, 5.74) is 2.38. The Morgan fingerprint density at radius 3 is 2.37 bits per heavy atom. The van der Waals surface area contributed by atoms with Crippen LogP contribution in [-0.2, 0) is 0 Å². The summed E-state index contributed by atoms with van der Waals surface area (Å²) < 4.78 is 6.59. The predicted molar refractivity (Wildman–Crippen MR) is 148 cm³/mol.